The first-order valence-electron chi connectivity index (χ1n) is 6.93. The largest absolute Gasteiger partial charge is 0.464 e. The third kappa shape index (κ3) is 3.31. The van der Waals surface area contributed by atoms with Crippen LogP contribution >= 0.6 is 0 Å². The number of anilines is 1. The second-order valence-electron chi connectivity index (χ2n) is 5.07. The van der Waals surface area contributed by atoms with Crippen molar-refractivity contribution in [3.05, 3.63) is 18.0 Å². The van der Waals surface area contributed by atoms with Crippen molar-refractivity contribution in [1.82, 2.24) is 9.47 Å². The van der Waals surface area contributed by atoms with E-state index in [0.717, 1.165) is 25.9 Å². The van der Waals surface area contributed by atoms with E-state index in [1.54, 1.807) is 10.8 Å². The summed E-state index contributed by atoms with van der Waals surface area (Å²) in [6, 6.07) is 1.53. The summed E-state index contributed by atoms with van der Waals surface area (Å²) in [5.41, 5.74) is 6.46. The van der Waals surface area contributed by atoms with Gasteiger partial charge in [0.25, 0.3) is 0 Å². The van der Waals surface area contributed by atoms with Gasteiger partial charge in [0.15, 0.2) is 0 Å². The lowest BCUT2D eigenvalue weighted by Gasteiger charge is -2.21. The van der Waals surface area contributed by atoms with Gasteiger partial charge in [0.2, 0.25) is 5.91 Å². The van der Waals surface area contributed by atoms with E-state index in [-0.39, 0.29) is 12.5 Å². The van der Waals surface area contributed by atoms with Crippen LogP contribution in [0.5, 0.6) is 0 Å². The topological polar surface area (TPSA) is 77.6 Å². The zero-order valence-electron chi connectivity index (χ0n) is 11.8. The monoisotopic (exact) mass is 279 g/mol. The molecule has 1 aliphatic heterocycles. The Hall–Kier alpha value is -1.98. The number of carbonyl (C=O) groups excluding carboxylic acids is 2. The molecule has 0 aliphatic carbocycles. The van der Waals surface area contributed by atoms with Crippen LogP contribution < -0.4 is 5.73 Å². The Morgan fingerprint density at radius 1 is 1.25 bits per heavy atom. The number of hydrogen-bond acceptors (Lipinski definition) is 4. The molecule has 2 N–H and O–H groups in total. The van der Waals surface area contributed by atoms with E-state index in [1.165, 1.54) is 26.0 Å². The lowest BCUT2D eigenvalue weighted by atomic mass is 10.2. The van der Waals surface area contributed by atoms with Crippen LogP contribution in [-0.2, 0) is 16.1 Å². The Morgan fingerprint density at radius 3 is 2.50 bits per heavy atom. The Morgan fingerprint density at radius 2 is 1.90 bits per heavy atom. The molecule has 1 amide bonds. The highest BCUT2D eigenvalue weighted by molar-refractivity contribution is 5.89. The molecule has 20 heavy (non-hydrogen) atoms. The van der Waals surface area contributed by atoms with Gasteiger partial charge in [0.1, 0.15) is 12.2 Å². The van der Waals surface area contributed by atoms with E-state index < -0.39 is 5.97 Å². The molecule has 6 heteroatoms. The average molecular weight is 279 g/mol. The van der Waals surface area contributed by atoms with Crippen LogP contribution in [0.4, 0.5) is 5.69 Å². The lowest BCUT2D eigenvalue weighted by molar-refractivity contribution is -0.131. The third-order valence-corrected chi connectivity index (χ3v) is 3.58. The van der Waals surface area contributed by atoms with E-state index in [9.17, 15) is 9.59 Å². The smallest absolute Gasteiger partial charge is 0.354 e. The van der Waals surface area contributed by atoms with Crippen molar-refractivity contribution in [2.45, 2.75) is 32.2 Å². The van der Waals surface area contributed by atoms with Crippen molar-refractivity contribution in [2.75, 3.05) is 25.9 Å². The lowest BCUT2D eigenvalue weighted by Crippen LogP contribution is -2.35. The van der Waals surface area contributed by atoms with Gasteiger partial charge in [-0.15, -0.1) is 0 Å². The average Bonchev–Trinajstić information content (AvgIpc) is 2.67. The number of ether oxygens (including phenoxy) is 1. The molecule has 0 bridgehead atoms. The highest BCUT2D eigenvalue weighted by atomic mass is 16.5. The first kappa shape index (κ1) is 14.4. The number of hydrogen-bond donors (Lipinski definition) is 1. The first-order chi connectivity index (χ1) is 9.61. The van der Waals surface area contributed by atoms with E-state index in [2.05, 4.69) is 0 Å². The molecule has 1 fully saturated rings. The van der Waals surface area contributed by atoms with Gasteiger partial charge in [0, 0.05) is 19.3 Å². The molecule has 1 aromatic heterocycles. The van der Waals surface area contributed by atoms with Gasteiger partial charge < -0.3 is 19.9 Å². The van der Waals surface area contributed by atoms with E-state index in [4.69, 9.17) is 10.5 Å². The van der Waals surface area contributed by atoms with Crippen LogP contribution in [-0.4, -0.2) is 41.5 Å². The predicted molar refractivity (Wildman–Crippen MR) is 75.2 cm³/mol. The summed E-state index contributed by atoms with van der Waals surface area (Å²) in [5.74, 6) is -0.460. The summed E-state index contributed by atoms with van der Waals surface area (Å²) in [4.78, 5) is 25.8. The summed E-state index contributed by atoms with van der Waals surface area (Å²) < 4.78 is 6.26. The molecule has 0 saturated carbocycles. The minimum Gasteiger partial charge on any atom is -0.464 e. The summed E-state index contributed by atoms with van der Waals surface area (Å²) in [7, 11) is 1.31. The van der Waals surface area contributed by atoms with E-state index in [1.807, 2.05) is 4.90 Å². The molecule has 110 valence electrons. The van der Waals surface area contributed by atoms with Gasteiger partial charge in [0.05, 0.1) is 12.8 Å². The number of nitrogen functional groups attached to an aromatic ring is 1. The van der Waals surface area contributed by atoms with Crippen LogP contribution in [0.15, 0.2) is 12.3 Å². The maximum atomic E-state index is 12.3. The fraction of sp³-hybridized carbons (Fsp3) is 0.571. The number of esters is 1. The third-order valence-electron chi connectivity index (χ3n) is 3.58. The Balaban J connectivity index is 2.08. The zero-order valence-corrected chi connectivity index (χ0v) is 11.8. The molecule has 1 aliphatic rings. The van der Waals surface area contributed by atoms with Crippen LogP contribution in [0, 0.1) is 0 Å². The number of rotatable bonds is 3. The zero-order chi connectivity index (χ0) is 14.5. The van der Waals surface area contributed by atoms with Crippen molar-refractivity contribution in [1.29, 1.82) is 0 Å². The maximum Gasteiger partial charge on any atom is 0.354 e. The molecule has 1 aromatic rings. The summed E-state index contributed by atoms with van der Waals surface area (Å²) in [6.07, 6.45) is 6.04. The van der Waals surface area contributed by atoms with Crippen LogP contribution in [0.3, 0.4) is 0 Å². The van der Waals surface area contributed by atoms with Crippen LogP contribution in [0.25, 0.3) is 0 Å². The molecule has 0 unspecified atom stereocenters. The molecule has 0 spiro atoms. The SMILES string of the molecule is COC(=O)c1cc(N)cn1CC(=O)N1CCCCCC1. The summed E-state index contributed by atoms with van der Waals surface area (Å²) in [6.45, 7) is 1.72. The van der Waals surface area contributed by atoms with Crippen molar-refractivity contribution >= 4 is 17.6 Å². The number of aromatic nitrogens is 1. The summed E-state index contributed by atoms with van der Waals surface area (Å²) >= 11 is 0. The molecular formula is C14H21N3O3. The minimum absolute atomic E-state index is 0.0210. The number of amides is 1. The molecular weight excluding hydrogens is 258 g/mol. The minimum atomic E-state index is -0.481. The number of likely N-dealkylation sites (tertiary alicyclic amines) is 1. The van der Waals surface area contributed by atoms with Crippen molar-refractivity contribution in [3.63, 3.8) is 0 Å². The standard InChI is InChI=1S/C14H21N3O3/c1-20-14(19)12-8-11(15)9-17(12)10-13(18)16-6-4-2-3-5-7-16/h8-9H,2-7,10,15H2,1H3. The van der Waals surface area contributed by atoms with Crippen molar-refractivity contribution in [3.8, 4) is 0 Å². The van der Waals surface area contributed by atoms with E-state index >= 15 is 0 Å². The number of carbonyl (C=O) groups is 2. The van der Waals surface area contributed by atoms with Gasteiger partial charge in [-0.05, 0) is 18.9 Å². The number of methoxy groups -OCH3 is 1. The fourth-order valence-corrected chi connectivity index (χ4v) is 2.50. The van der Waals surface area contributed by atoms with Gasteiger partial charge in [-0.3, -0.25) is 4.79 Å². The Kier molecular flexibility index (Phi) is 4.65. The molecule has 0 atom stereocenters. The number of nitrogens with zero attached hydrogens (tertiary/aromatic N) is 2. The second-order valence-corrected chi connectivity index (χ2v) is 5.07. The molecule has 6 nitrogen and oxygen atoms in total. The Labute approximate surface area is 118 Å². The highest BCUT2D eigenvalue weighted by Gasteiger charge is 2.19. The fourth-order valence-electron chi connectivity index (χ4n) is 2.50. The Bertz CT molecular complexity index is 488. The highest BCUT2D eigenvalue weighted by Crippen LogP contribution is 2.14. The van der Waals surface area contributed by atoms with Crippen molar-refractivity contribution < 1.29 is 14.3 Å². The van der Waals surface area contributed by atoms with Crippen molar-refractivity contribution in [2.24, 2.45) is 0 Å². The second kappa shape index (κ2) is 6.45. The molecule has 0 aromatic carbocycles. The van der Waals surface area contributed by atoms with Gasteiger partial charge in [-0.25, -0.2) is 4.79 Å². The van der Waals surface area contributed by atoms with E-state index in [0.29, 0.717) is 11.4 Å². The quantitative estimate of drug-likeness (QED) is 0.845. The van der Waals surface area contributed by atoms with Crippen LogP contribution in [0.2, 0.25) is 0 Å². The normalized spacial score (nSPS) is 15.8. The first-order valence-corrected chi connectivity index (χ1v) is 6.93. The maximum absolute atomic E-state index is 12.3. The van der Waals surface area contributed by atoms with Gasteiger partial charge in [-0.1, -0.05) is 12.8 Å². The summed E-state index contributed by atoms with van der Waals surface area (Å²) in [5, 5.41) is 0. The number of nitrogens with two attached hydrogens (primary N) is 1. The molecule has 2 rings (SSSR count). The van der Waals surface area contributed by atoms with Gasteiger partial charge >= 0.3 is 5.97 Å². The predicted octanol–water partition coefficient (Wildman–Crippen LogP) is 1.26. The van der Waals surface area contributed by atoms with Crippen LogP contribution in [0.1, 0.15) is 36.2 Å². The van der Waals surface area contributed by atoms with Gasteiger partial charge in [-0.2, -0.15) is 0 Å². The molecule has 2 heterocycles. The molecule has 1 saturated heterocycles. The molecule has 0 radical (unpaired) electrons.